The normalized spacial score (nSPS) is 17.2. The van der Waals surface area contributed by atoms with E-state index in [0.29, 0.717) is 19.4 Å². The Hall–Kier alpha value is -3.26. The van der Waals surface area contributed by atoms with Gasteiger partial charge in [-0.25, -0.2) is 0 Å². The van der Waals surface area contributed by atoms with Crippen LogP contribution in [-0.2, 0) is 28.8 Å². The molecule has 14 heteroatoms. The molecule has 14 nitrogen and oxygen atoms in total. The summed E-state index contributed by atoms with van der Waals surface area (Å²) in [6.45, 7) is 8.20. The number of nitrogens with one attached hydrogen (secondary N) is 6. The van der Waals surface area contributed by atoms with Crippen molar-refractivity contribution in [3.05, 3.63) is 0 Å². The van der Waals surface area contributed by atoms with E-state index in [0.717, 1.165) is 6.42 Å². The van der Waals surface area contributed by atoms with E-state index in [1.165, 1.54) is 11.8 Å². The molecule has 1 saturated heterocycles. The molecular weight excluding hydrogens is 498 g/mol. The van der Waals surface area contributed by atoms with Crippen molar-refractivity contribution in [2.75, 3.05) is 32.7 Å². The second-order valence-electron chi connectivity index (χ2n) is 9.66. The maximum Gasteiger partial charge on any atom is 0.245 e. The molecule has 0 aromatic heterocycles. The van der Waals surface area contributed by atoms with Crippen LogP contribution >= 0.6 is 0 Å². The minimum absolute atomic E-state index is 0.0362. The van der Waals surface area contributed by atoms with Gasteiger partial charge < -0.3 is 41.9 Å². The summed E-state index contributed by atoms with van der Waals surface area (Å²) < 4.78 is 0. The molecule has 38 heavy (non-hydrogen) atoms. The first-order chi connectivity index (χ1) is 17.8. The van der Waals surface area contributed by atoms with Gasteiger partial charge in [0.2, 0.25) is 35.4 Å². The summed E-state index contributed by atoms with van der Waals surface area (Å²) in [5, 5.41) is 25.1. The molecule has 1 heterocycles. The second-order valence-corrected chi connectivity index (χ2v) is 9.66. The lowest BCUT2D eigenvalue weighted by Crippen LogP contribution is -2.56. The number of carbonyl (C=O) groups is 6. The average molecular weight is 542 g/mol. The Balaban J connectivity index is 2.49. The fraction of sp³-hybridized carbons (Fsp3) is 0.750. The number of hydrogen-bond acceptors (Lipinski definition) is 8. The van der Waals surface area contributed by atoms with Gasteiger partial charge in [0.25, 0.3) is 0 Å². The predicted octanol–water partition coefficient (Wildman–Crippen LogP) is -2.90. The summed E-state index contributed by atoms with van der Waals surface area (Å²) in [7, 11) is 0. The fourth-order valence-corrected chi connectivity index (χ4v) is 3.59. The molecule has 216 valence electrons. The summed E-state index contributed by atoms with van der Waals surface area (Å²) in [6.07, 6.45) is 0.579. The molecular formula is C24H43N7O7. The number of carbonyl (C=O) groups excluding carboxylic acids is 6. The molecule has 1 aliphatic rings. The van der Waals surface area contributed by atoms with Crippen LogP contribution in [0.3, 0.4) is 0 Å². The van der Waals surface area contributed by atoms with E-state index in [1.807, 2.05) is 27.7 Å². The van der Waals surface area contributed by atoms with Crippen molar-refractivity contribution < 1.29 is 33.9 Å². The monoisotopic (exact) mass is 541 g/mol. The van der Waals surface area contributed by atoms with Crippen LogP contribution in [0.5, 0.6) is 0 Å². The average Bonchev–Trinajstić information content (AvgIpc) is 3.36. The van der Waals surface area contributed by atoms with Crippen molar-refractivity contribution in [3.63, 3.8) is 0 Å². The topological polar surface area (TPSA) is 198 Å². The smallest absolute Gasteiger partial charge is 0.245 e. The Kier molecular flexibility index (Phi) is 14.3. The summed E-state index contributed by atoms with van der Waals surface area (Å²) in [5.41, 5.74) is 0. The van der Waals surface area contributed by atoms with Gasteiger partial charge in [-0.15, -0.1) is 0 Å². The first-order valence-electron chi connectivity index (χ1n) is 13.0. The van der Waals surface area contributed by atoms with E-state index in [9.17, 15) is 33.9 Å². The molecule has 0 aliphatic carbocycles. The Bertz CT molecular complexity index is 850. The Morgan fingerprint density at radius 3 is 2.05 bits per heavy atom. The molecule has 1 rings (SSSR count). The highest BCUT2D eigenvalue weighted by atomic mass is 16.3. The largest absolute Gasteiger partial charge is 0.391 e. The number of likely N-dealkylation sites (tertiary alicyclic amines) is 1. The van der Waals surface area contributed by atoms with Crippen molar-refractivity contribution in [2.24, 2.45) is 0 Å². The zero-order chi connectivity index (χ0) is 28.8. The fourth-order valence-electron chi connectivity index (χ4n) is 3.59. The first kappa shape index (κ1) is 32.8. The van der Waals surface area contributed by atoms with Gasteiger partial charge in [-0.1, -0.05) is 20.8 Å². The van der Waals surface area contributed by atoms with Gasteiger partial charge in [-0.05, 0) is 33.1 Å². The molecule has 0 saturated carbocycles. The highest BCUT2D eigenvalue weighted by Gasteiger charge is 2.34. The van der Waals surface area contributed by atoms with Crippen LogP contribution in [0.2, 0.25) is 0 Å². The number of aliphatic hydroxyl groups excluding tert-OH is 1. The number of rotatable bonds is 15. The third-order valence-corrected chi connectivity index (χ3v) is 5.93. The van der Waals surface area contributed by atoms with Gasteiger partial charge in [0.05, 0.1) is 32.3 Å². The highest BCUT2D eigenvalue weighted by Crippen LogP contribution is 2.17. The van der Waals surface area contributed by atoms with Crippen LogP contribution in [0.25, 0.3) is 0 Å². The van der Waals surface area contributed by atoms with Crippen LogP contribution in [0.15, 0.2) is 0 Å². The molecule has 1 aliphatic heterocycles. The summed E-state index contributed by atoms with van der Waals surface area (Å²) >= 11 is 0. The molecule has 4 atom stereocenters. The van der Waals surface area contributed by atoms with E-state index in [4.69, 9.17) is 0 Å². The molecule has 4 unspecified atom stereocenters. The quantitative estimate of drug-likeness (QED) is 0.115. The van der Waals surface area contributed by atoms with Crippen LogP contribution in [0.1, 0.15) is 53.9 Å². The van der Waals surface area contributed by atoms with Crippen LogP contribution in [-0.4, -0.2) is 108 Å². The van der Waals surface area contributed by atoms with Gasteiger partial charge in [0.1, 0.15) is 12.1 Å². The van der Waals surface area contributed by atoms with E-state index < -0.39 is 54.9 Å². The zero-order valence-electron chi connectivity index (χ0n) is 22.9. The molecule has 1 fully saturated rings. The van der Waals surface area contributed by atoms with E-state index >= 15 is 0 Å². The SMILES string of the molecule is CCC(C)NC(=O)CNC(=O)CNC(=O)C(NC(=O)CNC(=O)C1CCCN1C(=O)CNC(C)C)C(C)O. The maximum atomic E-state index is 12.6. The molecule has 0 radical (unpaired) electrons. The Labute approximate surface area is 223 Å². The van der Waals surface area contributed by atoms with Crippen molar-refractivity contribution >= 4 is 35.4 Å². The number of nitrogens with zero attached hydrogens (tertiary/aromatic N) is 1. The molecule has 0 bridgehead atoms. The van der Waals surface area contributed by atoms with Crippen LogP contribution in [0.4, 0.5) is 0 Å². The maximum absolute atomic E-state index is 12.6. The first-order valence-corrected chi connectivity index (χ1v) is 13.0. The van der Waals surface area contributed by atoms with Gasteiger partial charge >= 0.3 is 0 Å². The van der Waals surface area contributed by atoms with Crippen LogP contribution in [0, 0.1) is 0 Å². The zero-order valence-corrected chi connectivity index (χ0v) is 22.9. The molecule has 7 N–H and O–H groups in total. The predicted molar refractivity (Wildman–Crippen MR) is 138 cm³/mol. The molecule has 0 aromatic carbocycles. The van der Waals surface area contributed by atoms with E-state index in [-0.39, 0.29) is 37.0 Å². The number of aliphatic hydroxyl groups is 1. The van der Waals surface area contributed by atoms with Gasteiger partial charge in [0, 0.05) is 18.6 Å². The van der Waals surface area contributed by atoms with Gasteiger partial charge in [-0.3, -0.25) is 28.8 Å². The Morgan fingerprint density at radius 2 is 1.45 bits per heavy atom. The van der Waals surface area contributed by atoms with Gasteiger partial charge in [0.15, 0.2) is 0 Å². The van der Waals surface area contributed by atoms with Crippen molar-refractivity contribution in [1.29, 1.82) is 0 Å². The highest BCUT2D eigenvalue weighted by molar-refractivity contribution is 5.94. The van der Waals surface area contributed by atoms with Crippen LogP contribution < -0.4 is 31.9 Å². The minimum atomic E-state index is -1.38. The standard InChI is InChI=1S/C24H43N7O7/c1-6-15(4)29-19(34)11-26-18(33)10-28-24(38)22(16(5)32)30-20(35)12-27-23(37)17-8-7-9-31(17)21(36)13-25-14(2)3/h14-17,22,25,32H,6-13H2,1-5H3,(H,26,33)(H,27,37)(H,28,38)(H,29,34)(H,30,35). The molecule has 6 amide bonds. The lowest BCUT2D eigenvalue weighted by Gasteiger charge is -2.25. The Morgan fingerprint density at radius 1 is 0.842 bits per heavy atom. The molecule has 0 aromatic rings. The van der Waals surface area contributed by atoms with Crippen molar-refractivity contribution in [2.45, 2.75) is 84.2 Å². The molecule has 0 spiro atoms. The summed E-state index contributed by atoms with van der Waals surface area (Å²) in [4.78, 5) is 75.0. The number of amides is 6. The lowest BCUT2D eigenvalue weighted by molar-refractivity contribution is -0.138. The van der Waals surface area contributed by atoms with Gasteiger partial charge in [-0.2, -0.15) is 0 Å². The van der Waals surface area contributed by atoms with Crippen molar-refractivity contribution in [3.8, 4) is 0 Å². The summed E-state index contributed by atoms with van der Waals surface area (Å²) in [5.74, 6) is -3.23. The van der Waals surface area contributed by atoms with E-state index in [2.05, 4.69) is 31.9 Å². The third-order valence-electron chi connectivity index (χ3n) is 5.93. The second kappa shape index (κ2) is 16.6. The number of hydrogen-bond donors (Lipinski definition) is 7. The lowest BCUT2D eigenvalue weighted by atomic mass is 10.1. The van der Waals surface area contributed by atoms with E-state index in [1.54, 1.807) is 0 Å². The summed E-state index contributed by atoms with van der Waals surface area (Å²) in [6, 6.07) is -1.99. The minimum Gasteiger partial charge on any atom is -0.391 e. The third kappa shape index (κ3) is 11.9. The van der Waals surface area contributed by atoms with Crippen molar-refractivity contribution in [1.82, 2.24) is 36.8 Å².